The Labute approximate surface area is 161 Å². The number of ether oxygens (including phenoxy) is 3. The lowest BCUT2D eigenvalue weighted by molar-refractivity contribution is -0.142. The summed E-state index contributed by atoms with van der Waals surface area (Å²) in [7, 11) is 0. The molecule has 144 valence electrons. The van der Waals surface area contributed by atoms with Gasteiger partial charge in [-0.25, -0.2) is 0 Å². The molecule has 3 atom stereocenters. The monoisotopic (exact) mass is 391 g/mol. The van der Waals surface area contributed by atoms with E-state index in [1.54, 1.807) is 6.07 Å². The Hall–Kier alpha value is -2.26. The van der Waals surface area contributed by atoms with Crippen molar-refractivity contribution < 1.29 is 23.4 Å². The summed E-state index contributed by atoms with van der Waals surface area (Å²) in [5.41, 5.74) is 0.744. The molecule has 2 aliphatic heterocycles. The molecule has 9 heteroatoms. The number of amides is 1. The molecule has 3 heterocycles. The van der Waals surface area contributed by atoms with Gasteiger partial charge in [0.2, 0.25) is 18.6 Å². The summed E-state index contributed by atoms with van der Waals surface area (Å²) in [6.07, 6.45) is 0.0758. The average molecular weight is 391 g/mol. The van der Waals surface area contributed by atoms with Gasteiger partial charge in [0, 0.05) is 18.7 Å². The maximum atomic E-state index is 12.7. The van der Waals surface area contributed by atoms with E-state index >= 15 is 0 Å². The highest BCUT2D eigenvalue weighted by Gasteiger charge is 2.30. The number of thioether (sulfide) groups is 1. The van der Waals surface area contributed by atoms with E-state index in [1.165, 1.54) is 11.8 Å². The molecule has 1 aromatic heterocycles. The molecule has 0 saturated carbocycles. The number of hydrogen-bond acceptors (Lipinski definition) is 8. The Balaban J connectivity index is 1.42. The summed E-state index contributed by atoms with van der Waals surface area (Å²) >= 11 is 1.26. The Kier molecular flexibility index (Phi) is 4.96. The lowest BCUT2D eigenvalue weighted by Gasteiger charge is -2.36. The number of morpholine rings is 1. The first-order valence-electron chi connectivity index (χ1n) is 8.84. The van der Waals surface area contributed by atoms with E-state index in [0.29, 0.717) is 35.7 Å². The SMILES string of the molecule is C[C@@H]1CN(C(=O)[C@@H](C)Sc2nnc(-c3ccc4c(c3)OCO4)o2)C[C@H](C)O1. The summed E-state index contributed by atoms with van der Waals surface area (Å²) in [4.78, 5) is 14.6. The Morgan fingerprint density at radius 2 is 1.93 bits per heavy atom. The topological polar surface area (TPSA) is 86.9 Å². The predicted octanol–water partition coefficient (Wildman–Crippen LogP) is 2.58. The molecule has 4 rings (SSSR count). The van der Waals surface area contributed by atoms with Gasteiger partial charge >= 0.3 is 0 Å². The molecule has 1 amide bonds. The maximum absolute atomic E-state index is 12.7. The minimum Gasteiger partial charge on any atom is -0.454 e. The summed E-state index contributed by atoms with van der Waals surface area (Å²) < 4.78 is 22.1. The number of hydrogen-bond donors (Lipinski definition) is 0. The van der Waals surface area contributed by atoms with Crippen molar-refractivity contribution in [2.75, 3.05) is 19.9 Å². The Morgan fingerprint density at radius 3 is 2.70 bits per heavy atom. The third kappa shape index (κ3) is 3.89. The van der Waals surface area contributed by atoms with Crippen molar-refractivity contribution in [1.82, 2.24) is 15.1 Å². The van der Waals surface area contributed by atoms with Gasteiger partial charge in [-0.15, -0.1) is 10.2 Å². The summed E-state index contributed by atoms with van der Waals surface area (Å²) in [6, 6.07) is 5.44. The molecule has 1 saturated heterocycles. The van der Waals surface area contributed by atoms with E-state index in [4.69, 9.17) is 18.6 Å². The van der Waals surface area contributed by atoms with Gasteiger partial charge in [-0.1, -0.05) is 11.8 Å². The minimum atomic E-state index is -0.326. The van der Waals surface area contributed by atoms with Crippen LogP contribution < -0.4 is 9.47 Å². The highest BCUT2D eigenvalue weighted by molar-refractivity contribution is 8.00. The van der Waals surface area contributed by atoms with Gasteiger partial charge in [-0.05, 0) is 39.0 Å². The second-order valence-corrected chi connectivity index (χ2v) is 7.99. The first-order valence-corrected chi connectivity index (χ1v) is 9.72. The standard InChI is InChI=1S/C18H21N3O5S/c1-10-7-21(8-11(2)25-10)17(22)12(3)27-18-20-19-16(26-18)13-4-5-14-15(6-13)24-9-23-14/h4-6,10-12H,7-9H2,1-3H3/t10-,11+,12-/m1/s1. The molecule has 2 aliphatic rings. The fourth-order valence-corrected chi connectivity index (χ4v) is 3.99. The van der Waals surface area contributed by atoms with Crippen LogP contribution >= 0.6 is 11.8 Å². The van der Waals surface area contributed by atoms with Crippen molar-refractivity contribution in [3.63, 3.8) is 0 Å². The number of aromatic nitrogens is 2. The largest absolute Gasteiger partial charge is 0.454 e. The summed E-state index contributed by atoms with van der Waals surface area (Å²) in [5.74, 6) is 1.77. The van der Waals surface area contributed by atoms with E-state index in [-0.39, 0.29) is 30.2 Å². The number of benzene rings is 1. The smallest absolute Gasteiger partial charge is 0.277 e. The Morgan fingerprint density at radius 1 is 1.19 bits per heavy atom. The molecule has 0 bridgehead atoms. The quantitative estimate of drug-likeness (QED) is 0.735. The second-order valence-electron chi connectivity index (χ2n) is 6.70. The highest BCUT2D eigenvalue weighted by Crippen LogP contribution is 2.36. The van der Waals surface area contributed by atoms with Gasteiger partial charge < -0.3 is 23.5 Å². The number of rotatable bonds is 4. The van der Waals surface area contributed by atoms with Crippen LogP contribution in [0.1, 0.15) is 20.8 Å². The molecule has 8 nitrogen and oxygen atoms in total. The molecule has 27 heavy (non-hydrogen) atoms. The van der Waals surface area contributed by atoms with Crippen LogP contribution in [0.3, 0.4) is 0 Å². The van der Waals surface area contributed by atoms with Gasteiger partial charge in [-0.3, -0.25) is 4.79 Å². The van der Waals surface area contributed by atoms with E-state index < -0.39 is 0 Å². The van der Waals surface area contributed by atoms with Gasteiger partial charge in [0.15, 0.2) is 11.5 Å². The van der Waals surface area contributed by atoms with Crippen molar-refractivity contribution >= 4 is 17.7 Å². The third-order valence-corrected chi connectivity index (χ3v) is 5.30. The van der Waals surface area contributed by atoms with Crippen LogP contribution in [-0.4, -0.2) is 58.3 Å². The first-order chi connectivity index (χ1) is 13.0. The normalized spacial score (nSPS) is 22.7. The number of carbonyl (C=O) groups is 1. The van der Waals surface area contributed by atoms with Crippen LogP contribution in [0.4, 0.5) is 0 Å². The lowest BCUT2D eigenvalue weighted by atomic mass is 10.2. The molecule has 0 unspecified atom stereocenters. The van der Waals surface area contributed by atoms with Crippen LogP contribution in [0, 0.1) is 0 Å². The van der Waals surface area contributed by atoms with Crippen LogP contribution in [0.2, 0.25) is 0 Å². The second kappa shape index (κ2) is 7.40. The third-order valence-electron chi connectivity index (χ3n) is 4.38. The van der Waals surface area contributed by atoms with Gasteiger partial charge in [0.05, 0.1) is 17.5 Å². The molecule has 2 aromatic rings. The van der Waals surface area contributed by atoms with Crippen molar-refractivity contribution in [3.8, 4) is 23.0 Å². The molecule has 1 fully saturated rings. The van der Waals surface area contributed by atoms with Gasteiger partial charge in [0.25, 0.3) is 5.22 Å². The molecule has 1 aromatic carbocycles. The van der Waals surface area contributed by atoms with Gasteiger partial charge in [0.1, 0.15) is 0 Å². The lowest BCUT2D eigenvalue weighted by Crippen LogP contribution is -2.50. The molecule has 0 N–H and O–H groups in total. The Bertz CT molecular complexity index is 832. The fourth-order valence-electron chi connectivity index (χ4n) is 3.22. The van der Waals surface area contributed by atoms with E-state index in [1.807, 2.05) is 37.8 Å². The minimum absolute atomic E-state index is 0.0379. The van der Waals surface area contributed by atoms with Crippen LogP contribution in [0.5, 0.6) is 11.5 Å². The zero-order valence-corrected chi connectivity index (χ0v) is 16.2. The zero-order valence-electron chi connectivity index (χ0n) is 15.4. The zero-order chi connectivity index (χ0) is 19.0. The first kappa shape index (κ1) is 18.1. The van der Waals surface area contributed by atoms with Crippen LogP contribution in [0.15, 0.2) is 27.8 Å². The van der Waals surface area contributed by atoms with Crippen LogP contribution in [-0.2, 0) is 9.53 Å². The van der Waals surface area contributed by atoms with E-state index in [0.717, 1.165) is 5.56 Å². The molecular weight excluding hydrogens is 370 g/mol. The maximum Gasteiger partial charge on any atom is 0.277 e. The fraction of sp³-hybridized carbons (Fsp3) is 0.500. The van der Waals surface area contributed by atoms with Gasteiger partial charge in [-0.2, -0.15) is 0 Å². The van der Waals surface area contributed by atoms with Crippen molar-refractivity contribution in [2.45, 2.75) is 43.5 Å². The van der Waals surface area contributed by atoms with E-state index in [2.05, 4.69) is 10.2 Å². The summed E-state index contributed by atoms with van der Waals surface area (Å²) in [6.45, 7) is 7.21. The summed E-state index contributed by atoms with van der Waals surface area (Å²) in [5, 5.41) is 8.18. The highest BCUT2D eigenvalue weighted by atomic mass is 32.2. The molecular formula is C18H21N3O5S. The molecule has 0 aliphatic carbocycles. The van der Waals surface area contributed by atoms with Crippen LogP contribution in [0.25, 0.3) is 11.5 Å². The van der Waals surface area contributed by atoms with Crippen molar-refractivity contribution in [1.29, 1.82) is 0 Å². The predicted molar refractivity (Wildman–Crippen MR) is 97.8 cm³/mol. The molecule has 0 spiro atoms. The number of fused-ring (bicyclic) bond motifs is 1. The van der Waals surface area contributed by atoms with Crippen molar-refractivity contribution in [2.24, 2.45) is 0 Å². The molecule has 0 radical (unpaired) electrons. The van der Waals surface area contributed by atoms with Crippen molar-refractivity contribution in [3.05, 3.63) is 18.2 Å². The van der Waals surface area contributed by atoms with E-state index in [9.17, 15) is 4.79 Å². The number of carbonyl (C=O) groups excluding carboxylic acids is 1. The average Bonchev–Trinajstić information content (AvgIpc) is 3.28. The number of nitrogens with zero attached hydrogens (tertiary/aromatic N) is 3.